The van der Waals surface area contributed by atoms with Crippen molar-refractivity contribution in [2.45, 2.75) is 6.54 Å². The van der Waals surface area contributed by atoms with E-state index in [1.165, 1.54) is 16.7 Å². The third kappa shape index (κ3) is 6.39. The van der Waals surface area contributed by atoms with Crippen LogP contribution in [0.25, 0.3) is 33.0 Å². The lowest BCUT2D eigenvalue weighted by atomic mass is 10.0. The molecule has 0 aliphatic rings. The largest absolute Gasteiger partial charge is 0.324 e. The molecule has 0 radical (unpaired) electrons. The second-order valence-corrected chi connectivity index (χ2v) is 8.06. The molecular weight excluding hydrogens is 404 g/mol. The Morgan fingerprint density at radius 2 is 1.68 bits per heavy atom. The van der Waals surface area contributed by atoms with Gasteiger partial charge in [0.25, 0.3) is 0 Å². The van der Waals surface area contributed by atoms with Crippen molar-refractivity contribution in [3.8, 4) is 33.0 Å². The highest BCUT2D eigenvalue weighted by Crippen LogP contribution is 2.30. The molecule has 0 bridgehead atoms. The molecule has 2 heterocycles. The number of rotatable bonds is 6. The molecule has 4 rings (SSSR count). The quantitative estimate of drug-likeness (QED) is 0.447. The highest BCUT2D eigenvalue weighted by Gasteiger charge is 2.07. The molecule has 0 aliphatic heterocycles. The zero-order chi connectivity index (χ0) is 22.1. The van der Waals surface area contributed by atoms with Crippen LogP contribution in [0.2, 0.25) is 0 Å². The average Bonchev–Trinajstić information content (AvgIpc) is 3.30. The first kappa shape index (κ1) is 22.5. The monoisotopic (exact) mass is 430 g/mol. The van der Waals surface area contributed by atoms with E-state index in [9.17, 15) is 0 Å². The minimum atomic E-state index is 0.139. The summed E-state index contributed by atoms with van der Waals surface area (Å²) in [6.45, 7) is 1.09. The molecule has 4 aromatic rings. The Morgan fingerprint density at radius 3 is 2.32 bits per heavy atom. The van der Waals surface area contributed by atoms with Gasteiger partial charge in [0.2, 0.25) is 0 Å². The van der Waals surface area contributed by atoms with Gasteiger partial charge < -0.3 is 15.4 Å². The second kappa shape index (κ2) is 11.3. The van der Waals surface area contributed by atoms with Crippen molar-refractivity contribution in [2.75, 3.05) is 20.6 Å². The SMILES string of the molecule is CN(C)Cc1cccc(-c2ccc(-c3csc(-c4cccnc4)n3)cc2)c1.NCC=O. The van der Waals surface area contributed by atoms with Crippen LogP contribution in [0.4, 0.5) is 0 Å². The fourth-order valence-electron chi connectivity index (χ4n) is 3.08. The van der Waals surface area contributed by atoms with E-state index in [0.29, 0.717) is 6.29 Å². The van der Waals surface area contributed by atoms with Crippen molar-refractivity contribution in [3.05, 3.63) is 84.0 Å². The molecular formula is C25H26N4OS. The van der Waals surface area contributed by atoms with Gasteiger partial charge in [0.05, 0.1) is 5.69 Å². The minimum absolute atomic E-state index is 0.139. The summed E-state index contributed by atoms with van der Waals surface area (Å²) >= 11 is 1.65. The summed E-state index contributed by atoms with van der Waals surface area (Å²) in [5, 5.41) is 3.10. The summed E-state index contributed by atoms with van der Waals surface area (Å²) in [6, 6.07) is 21.4. The van der Waals surface area contributed by atoms with Crippen LogP contribution in [0, 0.1) is 0 Å². The summed E-state index contributed by atoms with van der Waals surface area (Å²) in [5.41, 5.74) is 11.6. The van der Waals surface area contributed by atoms with Crippen LogP contribution in [0.15, 0.2) is 78.4 Å². The molecule has 0 aliphatic carbocycles. The number of nitrogens with zero attached hydrogens (tertiary/aromatic N) is 3. The van der Waals surface area contributed by atoms with Gasteiger partial charge in [0.1, 0.15) is 11.3 Å². The van der Waals surface area contributed by atoms with Crippen molar-refractivity contribution in [3.63, 3.8) is 0 Å². The van der Waals surface area contributed by atoms with Gasteiger partial charge in [-0.3, -0.25) is 4.98 Å². The van der Waals surface area contributed by atoms with Gasteiger partial charge >= 0.3 is 0 Å². The number of carbonyl (C=O) groups excluding carboxylic acids is 1. The molecule has 2 aromatic heterocycles. The van der Waals surface area contributed by atoms with Gasteiger partial charge in [-0.15, -0.1) is 11.3 Å². The molecule has 2 N–H and O–H groups in total. The van der Waals surface area contributed by atoms with E-state index in [-0.39, 0.29) is 6.54 Å². The Morgan fingerprint density at radius 1 is 0.968 bits per heavy atom. The van der Waals surface area contributed by atoms with Gasteiger partial charge in [-0.2, -0.15) is 0 Å². The highest BCUT2D eigenvalue weighted by molar-refractivity contribution is 7.13. The van der Waals surface area contributed by atoms with Crippen LogP contribution in [0.3, 0.4) is 0 Å². The molecule has 0 fully saturated rings. The number of pyridine rings is 1. The number of aromatic nitrogens is 2. The predicted octanol–water partition coefficient (Wildman–Crippen LogP) is 4.74. The van der Waals surface area contributed by atoms with E-state index >= 15 is 0 Å². The van der Waals surface area contributed by atoms with Crippen LogP contribution in [0.1, 0.15) is 5.56 Å². The summed E-state index contributed by atoms with van der Waals surface area (Å²) in [7, 11) is 4.18. The first-order chi connectivity index (χ1) is 15.1. The van der Waals surface area contributed by atoms with E-state index in [1.54, 1.807) is 17.5 Å². The molecule has 2 aromatic carbocycles. The molecule has 158 valence electrons. The number of thiazole rings is 1. The Balaban J connectivity index is 0.000000628. The maximum absolute atomic E-state index is 9.05. The third-order valence-corrected chi connectivity index (χ3v) is 5.34. The Kier molecular flexibility index (Phi) is 8.18. The van der Waals surface area contributed by atoms with Crippen LogP contribution in [-0.4, -0.2) is 41.8 Å². The first-order valence-corrected chi connectivity index (χ1v) is 10.8. The van der Waals surface area contributed by atoms with E-state index in [4.69, 9.17) is 9.78 Å². The van der Waals surface area contributed by atoms with E-state index in [2.05, 4.69) is 83.6 Å². The fraction of sp³-hybridized carbons (Fsp3) is 0.160. The molecule has 31 heavy (non-hydrogen) atoms. The average molecular weight is 431 g/mol. The molecule has 0 saturated carbocycles. The predicted molar refractivity (Wildman–Crippen MR) is 129 cm³/mol. The van der Waals surface area contributed by atoms with Crippen LogP contribution in [-0.2, 0) is 11.3 Å². The van der Waals surface area contributed by atoms with Gasteiger partial charge in [-0.05, 0) is 49.0 Å². The Hall–Kier alpha value is -3.19. The molecule has 6 heteroatoms. The fourth-order valence-corrected chi connectivity index (χ4v) is 3.90. The number of hydrogen-bond donors (Lipinski definition) is 1. The van der Waals surface area contributed by atoms with E-state index < -0.39 is 0 Å². The number of nitrogens with two attached hydrogens (primary N) is 1. The second-order valence-electron chi connectivity index (χ2n) is 7.20. The zero-order valence-electron chi connectivity index (χ0n) is 17.7. The van der Waals surface area contributed by atoms with Crippen LogP contribution < -0.4 is 5.73 Å². The summed E-state index contributed by atoms with van der Waals surface area (Å²) in [6.07, 6.45) is 4.29. The first-order valence-electron chi connectivity index (χ1n) is 9.95. The van der Waals surface area contributed by atoms with Gasteiger partial charge in [-0.25, -0.2) is 4.98 Å². The maximum atomic E-state index is 9.05. The van der Waals surface area contributed by atoms with Crippen molar-refractivity contribution in [2.24, 2.45) is 5.73 Å². The lowest BCUT2D eigenvalue weighted by Crippen LogP contribution is -2.10. The molecule has 0 saturated heterocycles. The molecule has 0 amide bonds. The minimum Gasteiger partial charge on any atom is -0.324 e. The summed E-state index contributed by atoms with van der Waals surface area (Å²) < 4.78 is 0. The van der Waals surface area contributed by atoms with E-state index in [0.717, 1.165) is 28.4 Å². The molecule has 0 unspecified atom stereocenters. The molecule has 0 atom stereocenters. The summed E-state index contributed by atoms with van der Waals surface area (Å²) in [4.78, 5) is 20.2. The lowest BCUT2D eigenvalue weighted by molar-refractivity contribution is -0.106. The summed E-state index contributed by atoms with van der Waals surface area (Å²) in [5.74, 6) is 0. The van der Waals surface area contributed by atoms with Crippen molar-refractivity contribution < 1.29 is 4.79 Å². The zero-order valence-corrected chi connectivity index (χ0v) is 18.5. The Bertz CT molecular complexity index is 1090. The van der Waals surface area contributed by atoms with Gasteiger partial charge in [-0.1, -0.05) is 42.5 Å². The van der Waals surface area contributed by atoms with Gasteiger partial charge in [0, 0.05) is 42.0 Å². The van der Waals surface area contributed by atoms with E-state index in [1.807, 2.05) is 18.3 Å². The standard InChI is InChI=1S/C23H21N3S.C2H5NO/c1-26(2)15-17-5-3-6-20(13-17)18-8-10-19(11-9-18)22-16-27-23(25-22)21-7-4-12-24-14-21;3-1-2-4/h3-14,16H,15H2,1-2H3;2H,1,3H2. The van der Waals surface area contributed by atoms with Crippen LogP contribution in [0.5, 0.6) is 0 Å². The number of carbonyl (C=O) groups is 1. The smallest absolute Gasteiger partial charge is 0.133 e. The lowest BCUT2D eigenvalue weighted by Gasteiger charge is -2.11. The van der Waals surface area contributed by atoms with Crippen LogP contribution >= 0.6 is 11.3 Å². The highest BCUT2D eigenvalue weighted by atomic mass is 32.1. The van der Waals surface area contributed by atoms with Gasteiger partial charge in [0.15, 0.2) is 0 Å². The molecule has 5 nitrogen and oxygen atoms in total. The number of benzene rings is 2. The number of aldehydes is 1. The maximum Gasteiger partial charge on any atom is 0.133 e. The topological polar surface area (TPSA) is 72.1 Å². The molecule has 0 spiro atoms. The van der Waals surface area contributed by atoms with Crippen molar-refractivity contribution in [1.82, 2.24) is 14.9 Å². The van der Waals surface area contributed by atoms with Crippen molar-refractivity contribution in [1.29, 1.82) is 0 Å². The number of hydrogen-bond acceptors (Lipinski definition) is 6. The third-order valence-electron chi connectivity index (χ3n) is 4.45. The Labute approximate surface area is 187 Å². The normalized spacial score (nSPS) is 10.5. The van der Waals surface area contributed by atoms with Crippen molar-refractivity contribution >= 4 is 17.6 Å².